The molecule has 3 unspecified atom stereocenters. The number of rotatable bonds is 6. The molecule has 0 bridgehead atoms. The highest BCUT2D eigenvalue weighted by molar-refractivity contribution is 5.88. The van der Waals surface area contributed by atoms with Crippen molar-refractivity contribution < 1.29 is 14.3 Å². The number of aliphatic imine (C=N–C) groups is 1. The van der Waals surface area contributed by atoms with Crippen molar-refractivity contribution in [3.63, 3.8) is 0 Å². The highest BCUT2D eigenvalue weighted by Gasteiger charge is 2.63. The first kappa shape index (κ1) is 28.6. The second kappa shape index (κ2) is 10.9. The van der Waals surface area contributed by atoms with Crippen molar-refractivity contribution >= 4 is 23.6 Å². The number of anilines is 1. The summed E-state index contributed by atoms with van der Waals surface area (Å²) in [5.74, 6) is 3.72. The summed E-state index contributed by atoms with van der Waals surface area (Å²) in [5.41, 5.74) is 3.35. The zero-order chi connectivity index (χ0) is 28.8. The van der Waals surface area contributed by atoms with Gasteiger partial charge < -0.3 is 10.1 Å². The molecule has 0 radical (unpaired) electrons. The van der Waals surface area contributed by atoms with E-state index in [1.165, 1.54) is 51.0 Å². The lowest BCUT2D eigenvalue weighted by atomic mass is 9.44. The SMILES string of the molecule is CC(=O)Nc1ccc(COCC2(C3CC[C@H]4[C@@H]5CCC6CC(=O)CC[C@]6(C)[C@H]5CC[C@]34C)C=C(C)C=CC=N2)cc1. The van der Waals surface area contributed by atoms with Gasteiger partial charge in [-0.25, -0.2) is 0 Å². The zero-order valence-corrected chi connectivity index (χ0v) is 25.5. The van der Waals surface area contributed by atoms with E-state index in [2.05, 4.69) is 44.3 Å². The summed E-state index contributed by atoms with van der Waals surface area (Å²) >= 11 is 0. The molecule has 1 heterocycles. The van der Waals surface area contributed by atoms with Crippen molar-refractivity contribution in [1.29, 1.82) is 0 Å². The number of amides is 1. The van der Waals surface area contributed by atoms with Gasteiger partial charge in [0, 0.05) is 31.7 Å². The highest BCUT2D eigenvalue weighted by Crippen LogP contribution is 2.68. The first-order valence-corrected chi connectivity index (χ1v) is 16.0. The van der Waals surface area contributed by atoms with Crippen LogP contribution in [0.15, 0.2) is 53.1 Å². The largest absolute Gasteiger partial charge is 0.374 e. The third-order valence-corrected chi connectivity index (χ3v) is 12.2. The van der Waals surface area contributed by atoms with Crippen LogP contribution >= 0.6 is 0 Å². The molecule has 1 aliphatic heterocycles. The number of Topliss-reactive ketones (excluding diaryl/α,β-unsaturated/α-hetero) is 1. The average Bonchev–Trinajstić information content (AvgIpc) is 3.18. The maximum Gasteiger partial charge on any atom is 0.221 e. The van der Waals surface area contributed by atoms with E-state index in [1.54, 1.807) is 0 Å². The number of hydrogen-bond donors (Lipinski definition) is 1. The van der Waals surface area contributed by atoms with Crippen LogP contribution < -0.4 is 5.32 Å². The van der Waals surface area contributed by atoms with Gasteiger partial charge in [-0.3, -0.25) is 14.6 Å². The van der Waals surface area contributed by atoms with Gasteiger partial charge in [-0.1, -0.05) is 43.7 Å². The quantitative estimate of drug-likeness (QED) is 0.390. The number of fused-ring (bicyclic) bond motifs is 5. The normalized spacial score (nSPS) is 39.8. The fourth-order valence-corrected chi connectivity index (χ4v) is 10.3. The molecule has 4 fully saturated rings. The number of carbonyl (C=O) groups excluding carboxylic acids is 2. The van der Waals surface area contributed by atoms with Crippen LogP contribution in [0.25, 0.3) is 0 Å². The number of benzene rings is 1. The molecule has 5 aliphatic rings. The monoisotopic (exact) mass is 556 g/mol. The lowest BCUT2D eigenvalue weighted by Crippen LogP contribution is -2.55. The second-order valence-electron chi connectivity index (χ2n) is 14.5. The minimum absolute atomic E-state index is 0.0636. The number of hydrogen-bond acceptors (Lipinski definition) is 4. The molecule has 1 amide bonds. The van der Waals surface area contributed by atoms with Gasteiger partial charge in [0.05, 0.1) is 13.2 Å². The van der Waals surface area contributed by atoms with E-state index < -0.39 is 0 Å². The summed E-state index contributed by atoms with van der Waals surface area (Å²) in [6.07, 6.45) is 18.9. The van der Waals surface area contributed by atoms with Gasteiger partial charge in [0.25, 0.3) is 0 Å². The summed E-state index contributed by atoms with van der Waals surface area (Å²) < 4.78 is 6.52. The van der Waals surface area contributed by atoms with E-state index in [9.17, 15) is 9.59 Å². The number of nitrogens with one attached hydrogen (secondary N) is 1. The Balaban J connectivity index is 1.22. The lowest BCUT2D eigenvalue weighted by molar-refractivity contribution is -0.141. The molecule has 1 aromatic carbocycles. The van der Waals surface area contributed by atoms with Crippen LogP contribution in [0, 0.1) is 40.4 Å². The maximum absolute atomic E-state index is 12.3. The van der Waals surface area contributed by atoms with Crippen molar-refractivity contribution in [3.8, 4) is 0 Å². The maximum atomic E-state index is 12.3. The lowest BCUT2D eigenvalue weighted by Gasteiger charge is -2.61. The van der Waals surface area contributed by atoms with E-state index in [4.69, 9.17) is 9.73 Å². The molecule has 0 aromatic heterocycles. The van der Waals surface area contributed by atoms with Crippen LogP contribution in [0.2, 0.25) is 0 Å². The molecular formula is C36H48N2O3. The van der Waals surface area contributed by atoms with Crippen LogP contribution in [0.5, 0.6) is 0 Å². The molecule has 0 spiro atoms. The predicted octanol–water partition coefficient (Wildman–Crippen LogP) is 7.72. The fraction of sp³-hybridized carbons (Fsp3) is 0.639. The number of nitrogens with zero attached hydrogens (tertiary/aromatic N) is 1. The van der Waals surface area contributed by atoms with Gasteiger partial charge in [0.2, 0.25) is 5.91 Å². The van der Waals surface area contributed by atoms with Gasteiger partial charge in [0.15, 0.2) is 0 Å². The molecule has 1 N–H and O–H groups in total. The summed E-state index contributed by atoms with van der Waals surface area (Å²) in [6.45, 7) is 9.94. The third-order valence-electron chi connectivity index (χ3n) is 12.2. The van der Waals surface area contributed by atoms with Gasteiger partial charge in [-0.05, 0) is 116 Å². The number of carbonyl (C=O) groups is 2. The Morgan fingerprint density at radius 3 is 2.59 bits per heavy atom. The van der Waals surface area contributed by atoms with Gasteiger partial charge >= 0.3 is 0 Å². The molecule has 41 heavy (non-hydrogen) atoms. The molecule has 8 atom stereocenters. The van der Waals surface area contributed by atoms with Crippen LogP contribution in [-0.4, -0.2) is 30.1 Å². The summed E-state index contributed by atoms with van der Waals surface area (Å²) in [5, 5.41) is 2.84. The minimum atomic E-state index is -0.377. The molecule has 4 saturated carbocycles. The molecular weight excluding hydrogens is 508 g/mol. The van der Waals surface area contributed by atoms with Crippen LogP contribution in [0.3, 0.4) is 0 Å². The standard InChI is InChI=1S/C36H48N2O3/c1-24-6-5-19-37-36(21-24,23-41-22-26-7-10-28(11-8-26)38-25(2)39)33-14-13-31-30-12-9-27-20-29(40)15-17-34(27,3)32(30)16-18-35(31,33)4/h5-8,10-11,19,21,27,30-33H,9,12-18,20,22-23H2,1-4H3,(H,38,39)/t27?,30-,31-,32-,33?,34-,35-,36?/m0/s1. The Morgan fingerprint density at radius 1 is 1.02 bits per heavy atom. The Hall–Kier alpha value is -2.53. The fourth-order valence-electron chi connectivity index (χ4n) is 10.3. The molecule has 1 aromatic rings. The number of ketones is 1. The van der Waals surface area contributed by atoms with E-state index in [-0.39, 0.29) is 16.9 Å². The molecule has 0 saturated heterocycles. The summed E-state index contributed by atoms with van der Waals surface area (Å²) in [6, 6.07) is 7.93. The molecule has 220 valence electrons. The van der Waals surface area contributed by atoms with Crippen molar-refractivity contribution in [1.82, 2.24) is 0 Å². The molecule has 5 nitrogen and oxygen atoms in total. The summed E-state index contributed by atoms with van der Waals surface area (Å²) in [7, 11) is 0. The van der Waals surface area contributed by atoms with Gasteiger partial charge in [0.1, 0.15) is 11.3 Å². The van der Waals surface area contributed by atoms with Crippen LogP contribution in [-0.2, 0) is 20.9 Å². The minimum Gasteiger partial charge on any atom is -0.374 e. The first-order chi connectivity index (χ1) is 19.6. The van der Waals surface area contributed by atoms with Gasteiger partial charge in [-0.15, -0.1) is 0 Å². The summed E-state index contributed by atoms with van der Waals surface area (Å²) in [4.78, 5) is 29.0. The smallest absolute Gasteiger partial charge is 0.221 e. The van der Waals surface area contributed by atoms with Gasteiger partial charge in [-0.2, -0.15) is 0 Å². The highest BCUT2D eigenvalue weighted by atomic mass is 16.5. The van der Waals surface area contributed by atoms with E-state index in [0.717, 1.165) is 48.3 Å². The Bertz CT molecular complexity index is 1260. The van der Waals surface area contributed by atoms with Crippen molar-refractivity contribution in [2.24, 2.45) is 45.4 Å². The topological polar surface area (TPSA) is 67.8 Å². The average molecular weight is 557 g/mol. The second-order valence-corrected chi connectivity index (χ2v) is 14.5. The first-order valence-electron chi connectivity index (χ1n) is 16.0. The van der Waals surface area contributed by atoms with E-state index >= 15 is 0 Å². The van der Waals surface area contributed by atoms with Crippen molar-refractivity contribution in [3.05, 3.63) is 53.6 Å². The van der Waals surface area contributed by atoms with E-state index in [1.807, 2.05) is 30.5 Å². The van der Waals surface area contributed by atoms with Crippen molar-refractivity contribution in [2.45, 2.75) is 97.6 Å². The Kier molecular flexibility index (Phi) is 7.63. The zero-order valence-electron chi connectivity index (χ0n) is 25.5. The third kappa shape index (κ3) is 5.17. The van der Waals surface area contributed by atoms with E-state index in [0.29, 0.717) is 36.2 Å². The number of allylic oxidation sites excluding steroid dienone is 3. The van der Waals surface area contributed by atoms with Crippen LogP contribution in [0.1, 0.15) is 91.0 Å². The predicted molar refractivity (Wildman–Crippen MR) is 165 cm³/mol. The van der Waals surface area contributed by atoms with Crippen molar-refractivity contribution in [2.75, 3.05) is 11.9 Å². The number of ether oxygens (including phenoxy) is 1. The Labute approximate surface area is 246 Å². The molecule has 6 rings (SSSR count). The molecule has 5 heteroatoms. The van der Waals surface area contributed by atoms with Crippen LogP contribution in [0.4, 0.5) is 5.69 Å². The molecule has 4 aliphatic carbocycles. The Morgan fingerprint density at radius 2 is 1.80 bits per heavy atom.